The van der Waals surface area contributed by atoms with E-state index in [4.69, 9.17) is 9.97 Å². The third kappa shape index (κ3) is 4.18. The third-order valence-corrected chi connectivity index (χ3v) is 5.49. The summed E-state index contributed by atoms with van der Waals surface area (Å²) in [7, 11) is 0. The number of hydrogen-bond acceptors (Lipinski definition) is 6. The summed E-state index contributed by atoms with van der Waals surface area (Å²) in [5.74, 6) is 1.28. The van der Waals surface area contributed by atoms with Crippen molar-refractivity contribution < 1.29 is 4.79 Å². The minimum absolute atomic E-state index is 0.0453. The van der Waals surface area contributed by atoms with E-state index in [1.54, 1.807) is 36.9 Å². The molecule has 32 heavy (non-hydrogen) atoms. The van der Waals surface area contributed by atoms with Crippen LogP contribution in [0.3, 0.4) is 0 Å². The van der Waals surface area contributed by atoms with Crippen LogP contribution >= 0.6 is 0 Å². The summed E-state index contributed by atoms with van der Waals surface area (Å²) >= 11 is 0. The molecule has 4 aromatic rings. The van der Waals surface area contributed by atoms with Crippen LogP contribution in [0.5, 0.6) is 0 Å². The number of nitrogens with one attached hydrogen (secondary N) is 1. The molecule has 1 atom stereocenters. The van der Waals surface area contributed by atoms with Crippen LogP contribution < -0.4 is 5.32 Å². The van der Waals surface area contributed by atoms with E-state index in [-0.39, 0.29) is 11.9 Å². The van der Waals surface area contributed by atoms with Gasteiger partial charge in [-0.25, -0.2) is 9.97 Å². The SMILES string of the molecule is O=C(c1cccnc1)N1CCCC1c1nc(Nc2ccccc2)cc(-c2ccncc2)n1. The highest BCUT2D eigenvalue weighted by atomic mass is 16.2. The van der Waals surface area contributed by atoms with Gasteiger partial charge in [0.25, 0.3) is 5.91 Å². The van der Waals surface area contributed by atoms with Gasteiger partial charge in [0.1, 0.15) is 5.82 Å². The maximum atomic E-state index is 13.2. The van der Waals surface area contributed by atoms with Crippen LogP contribution in [-0.2, 0) is 0 Å². The molecule has 5 rings (SSSR count). The summed E-state index contributed by atoms with van der Waals surface area (Å²) in [5.41, 5.74) is 3.25. The van der Waals surface area contributed by atoms with E-state index >= 15 is 0 Å². The Balaban J connectivity index is 1.53. The van der Waals surface area contributed by atoms with Gasteiger partial charge in [0.15, 0.2) is 5.82 Å². The normalized spacial score (nSPS) is 15.5. The molecule has 7 heteroatoms. The minimum atomic E-state index is -0.194. The number of pyridine rings is 2. The van der Waals surface area contributed by atoms with Gasteiger partial charge in [-0.1, -0.05) is 18.2 Å². The smallest absolute Gasteiger partial charge is 0.256 e. The van der Waals surface area contributed by atoms with Crippen molar-refractivity contribution in [1.82, 2.24) is 24.8 Å². The van der Waals surface area contributed by atoms with Crippen molar-refractivity contribution >= 4 is 17.4 Å². The largest absolute Gasteiger partial charge is 0.340 e. The lowest BCUT2D eigenvalue weighted by Gasteiger charge is -2.24. The molecular formula is C25H22N6O. The summed E-state index contributed by atoms with van der Waals surface area (Å²) in [4.78, 5) is 32.9. The standard InChI is InChI=1S/C25H22N6O/c32-25(19-6-4-12-27-17-19)31-15-5-9-22(31)24-29-21(18-10-13-26-14-11-18)16-23(30-24)28-20-7-2-1-3-8-20/h1-4,6-8,10-14,16-17,22H,5,9,15H2,(H,28,29,30). The number of aromatic nitrogens is 4. The number of likely N-dealkylation sites (tertiary alicyclic amines) is 1. The van der Waals surface area contributed by atoms with Crippen molar-refractivity contribution in [2.24, 2.45) is 0 Å². The molecule has 0 bridgehead atoms. The average Bonchev–Trinajstić information content (AvgIpc) is 3.35. The zero-order chi connectivity index (χ0) is 21.8. The van der Waals surface area contributed by atoms with Crippen molar-refractivity contribution in [1.29, 1.82) is 0 Å². The Morgan fingerprint density at radius 2 is 1.78 bits per heavy atom. The molecule has 0 radical (unpaired) electrons. The number of rotatable bonds is 5. The number of hydrogen-bond donors (Lipinski definition) is 1. The van der Waals surface area contributed by atoms with E-state index in [0.29, 0.717) is 23.8 Å². The van der Waals surface area contributed by atoms with Crippen molar-refractivity contribution in [2.45, 2.75) is 18.9 Å². The van der Waals surface area contributed by atoms with Crippen LogP contribution in [0.4, 0.5) is 11.5 Å². The molecule has 0 spiro atoms. The van der Waals surface area contributed by atoms with Gasteiger partial charge < -0.3 is 10.2 Å². The Labute approximate surface area is 186 Å². The molecule has 0 aliphatic carbocycles. The van der Waals surface area contributed by atoms with E-state index in [1.165, 1.54) is 0 Å². The first-order valence-corrected chi connectivity index (χ1v) is 10.6. The fraction of sp³-hybridized carbons (Fsp3) is 0.160. The molecule has 1 unspecified atom stereocenters. The number of carbonyl (C=O) groups excluding carboxylic acids is 1. The van der Waals surface area contributed by atoms with Crippen molar-refractivity contribution in [3.63, 3.8) is 0 Å². The molecule has 1 N–H and O–H groups in total. The quantitative estimate of drug-likeness (QED) is 0.504. The lowest BCUT2D eigenvalue weighted by molar-refractivity contribution is 0.0729. The Bertz CT molecular complexity index is 1200. The van der Waals surface area contributed by atoms with E-state index in [9.17, 15) is 4.79 Å². The number of anilines is 2. The highest BCUT2D eigenvalue weighted by Crippen LogP contribution is 2.33. The van der Waals surface area contributed by atoms with Gasteiger partial charge >= 0.3 is 0 Å². The first kappa shape index (κ1) is 19.8. The number of carbonyl (C=O) groups is 1. The lowest BCUT2D eigenvalue weighted by atomic mass is 10.1. The van der Waals surface area contributed by atoms with Gasteiger partial charge in [0, 0.05) is 48.6 Å². The molecule has 1 aliphatic heterocycles. The highest BCUT2D eigenvalue weighted by Gasteiger charge is 2.33. The fourth-order valence-corrected chi connectivity index (χ4v) is 3.95. The van der Waals surface area contributed by atoms with E-state index in [0.717, 1.165) is 29.8 Å². The minimum Gasteiger partial charge on any atom is -0.340 e. The Kier molecular flexibility index (Phi) is 5.53. The molecule has 1 amide bonds. The zero-order valence-electron chi connectivity index (χ0n) is 17.4. The van der Waals surface area contributed by atoms with E-state index in [1.807, 2.05) is 53.4 Å². The van der Waals surface area contributed by atoms with E-state index in [2.05, 4.69) is 15.3 Å². The monoisotopic (exact) mass is 422 g/mol. The topological polar surface area (TPSA) is 83.9 Å². The van der Waals surface area contributed by atoms with Gasteiger partial charge in [-0.05, 0) is 49.2 Å². The molecule has 1 saturated heterocycles. The third-order valence-electron chi connectivity index (χ3n) is 5.49. The molecule has 3 aromatic heterocycles. The molecule has 158 valence electrons. The fourth-order valence-electron chi connectivity index (χ4n) is 3.95. The van der Waals surface area contributed by atoms with Gasteiger partial charge in [-0.2, -0.15) is 0 Å². The predicted octanol–water partition coefficient (Wildman–Crippen LogP) is 4.65. The van der Waals surface area contributed by atoms with Crippen molar-refractivity contribution in [3.05, 3.63) is 96.8 Å². The summed E-state index contributed by atoms with van der Waals surface area (Å²) in [6.07, 6.45) is 8.48. The Hall–Kier alpha value is -4.13. The lowest BCUT2D eigenvalue weighted by Crippen LogP contribution is -2.31. The maximum absolute atomic E-state index is 13.2. The second-order valence-electron chi connectivity index (χ2n) is 7.62. The average molecular weight is 422 g/mol. The number of nitrogens with zero attached hydrogens (tertiary/aromatic N) is 5. The molecule has 1 aliphatic rings. The molecule has 4 heterocycles. The molecular weight excluding hydrogens is 400 g/mol. The van der Waals surface area contributed by atoms with Gasteiger partial charge in [0.05, 0.1) is 17.3 Å². The summed E-state index contributed by atoms with van der Waals surface area (Å²) in [6, 6.07) is 19.0. The predicted molar refractivity (Wildman–Crippen MR) is 122 cm³/mol. The van der Waals surface area contributed by atoms with Crippen LogP contribution in [0, 0.1) is 0 Å². The second kappa shape index (κ2) is 8.93. The first-order chi connectivity index (χ1) is 15.8. The Morgan fingerprint density at radius 3 is 2.56 bits per heavy atom. The molecule has 1 fully saturated rings. The van der Waals surface area contributed by atoms with Gasteiger partial charge in [-0.15, -0.1) is 0 Å². The number of para-hydroxylation sites is 1. The van der Waals surface area contributed by atoms with Gasteiger partial charge in [-0.3, -0.25) is 14.8 Å². The first-order valence-electron chi connectivity index (χ1n) is 10.6. The number of amides is 1. The van der Waals surface area contributed by atoms with Crippen LogP contribution in [0.1, 0.15) is 35.1 Å². The maximum Gasteiger partial charge on any atom is 0.256 e. The molecule has 7 nitrogen and oxygen atoms in total. The molecule has 0 saturated carbocycles. The van der Waals surface area contributed by atoms with Crippen molar-refractivity contribution in [3.8, 4) is 11.3 Å². The van der Waals surface area contributed by atoms with Crippen LogP contribution in [0.25, 0.3) is 11.3 Å². The van der Waals surface area contributed by atoms with Gasteiger partial charge in [0.2, 0.25) is 0 Å². The molecule has 1 aromatic carbocycles. The summed E-state index contributed by atoms with van der Waals surface area (Å²) in [5, 5.41) is 3.37. The van der Waals surface area contributed by atoms with E-state index < -0.39 is 0 Å². The van der Waals surface area contributed by atoms with Crippen molar-refractivity contribution in [2.75, 3.05) is 11.9 Å². The highest BCUT2D eigenvalue weighted by molar-refractivity contribution is 5.94. The summed E-state index contributed by atoms with van der Waals surface area (Å²) in [6.45, 7) is 0.669. The number of benzene rings is 1. The zero-order valence-corrected chi connectivity index (χ0v) is 17.4. The van der Waals surface area contributed by atoms with Crippen LogP contribution in [0.15, 0.2) is 85.5 Å². The second-order valence-corrected chi connectivity index (χ2v) is 7.62. The summed E-state index contributed by atoms with van der Waals surface area (Å²) < 4.78 is 0. The van der Waals surface area contributed by atoms with Crippen LogP contribution in [-0.4, -0.2) is 37.3 Å². The Morgan fingerprint density at radius 1 is 0.938 bits per heavy atom. The van der Waals surface area contributed by atoms with Crippen LogP contribution in [0.2, 0.25) is 0 Å².